The van der Waals surface area contributed by atoms with Crippen molar-refractivity contribution < 1.29 is 9.59 Å². The first kappa shape index (κ1) is 21.5. The molecule has 0 unspecified atom stereocenters. The van der Waals surface area contributed by atoms with E-state index < -0.39 is 0 Å². The van der Waals surface area contributed by atoms with Gasteiger partial charge in [0.25, 0.3) is 0 Å². The third-order valence-corrected chi connectivity index (χ3v) is 9.29. The Balaban J connectivity index is 1.46. The summed E-state index contributed by atoms with van der Waals surface area (Å²) in [6, 6.07) is 24.6. The number of carbonyl (C=O) groups excluding carboxylic acids is 2. The Labute approximate surface area is 214 Å². The Morgan fingerprint density at radius 3 is 1.92 bits per heavy atom. The van der Waals surface area contributed by atoms with Gasteiger partial charge in [0.15, 0.2) is 11.6 Å². The predicted molar refractivity (Wildman–Crippen MR) is 146 cm³/mol. The van der Waals surface area contributed by atoms with E-state index in [1.54, 1.807) is 29.5 Å². The number of hydrogen-bond donors (Lipinski definition) is 0. The van der Waals surface area contributed by atoms with Gasteiger partial charge >= 0.3 is 0 Å². The molecule has 0 fully saturated rings. The van der Waals surface area contributed by atoms with Crippen LogP contribution in [0, 0.1) is 0 Å². The molecule has 0 bridgehead atoms. The van der Waals surface area contributed by atoms with Crippen molar-refractivity contribution in [3.8, 4) is 0 Å². The number of hydrogen-bond acceptors (Lipinski definition) is 4. The van der Waals surface area contributed by atoms with Crippen LogP contribution in [0.25, 0.3) is 6.08 Å². The van der Waals surface area contributed by atoms with Gasteiger partial charge in [0.1, 0.15) is 5.00 Å². The Kier molecular flexibility index (Phi) is 4.14. The smallest absolute Gasteiger partial charge is 0.197 e. The number of allylic oxidation sites excluding steroid dienone is 1. The lowest BCUT2D eigenvalue weighted by Crippen LogP contribution is -2.37. The third-order valence-electron chi connectivity index (χ3n) is 8.22. The second-order valence-electron chi connectivity index (χ2n) is 10.9. The largest absolute Gasteiger partial charge is 0.301 e. The minimum absolute atomic E-state index is 0.122. The van der Waals surface area contributed by atoms with Gasteiger partial charge in [-0.25, -0.2) is 0 Å². The maximum Gasteiger partial charge on any atom is 0.197 e. The summed E-state index contributed by atoms with van der Waals surface area (Å²) in [5, 5.41) is 1.16. The van der Waals surface area contributed by atoms with Gasteiger partial charge in [-0.15, -0.1) is 11.3 Å². The number of rotatable bonds is 1. The molecule has 3 aliphatic rings. The van der Waals surface area contributed by atoms with Crippen molar-refractivity contribution in [2.24, 2.45) is 0 Å². The fourth-order valence-electron chi connectivity index (χ4n) is 6.24. The average Bonchev–Trinajstić information content (AvgIpc) is 3.40. The highest BCUT2D eigenvalue weighted by molar-refractivity contribution is 7.17. The molecule has 0 N–H and O–H groups in total. The van der Waals surface area contributed by atoms with Crippen LogP contribution in [0.1, 0.15) is 75.5 Å². The van der Waals surface area contributed by atoms with Crippen molar-refractivity contribution in [1.82, 2.24) is 0 Å². The van der Waals surface area contributed by atoms with E-state index in [1.165, 1.54) is 33.6 Å². The molecule has 2 aliphatic heterocycles. The summed E-state index contributed by atoms with van der Waals surface area (Å²) in [5.74, 6) is -0.367. The van der Waals surface area contributed by atoms with Gasteiger partial charge in [0, 0.05) is 26.8 Å². The molecule has 0 spiro atoms. The summed E-state index contributed by atoms with van der Waals surface area (Å²) in [7, 11) is 0. The molecule has 1 aliphatic carbocycles. The zero-order valence-electron chi connectivity index (χ0n) is 20.7. The first-order valence-corrected chi connectivity index (χ1v) is 13.1. The average molecular weight is 488 g/mol. The first-order chi connectivity index (χ1) is 17.2. The minimum Gasteiger partial charge on any atom is -0.301 e. The van der Waals surface area contributed by atoms with E-state index in [0.29, 0.717) is 11.1 Å². The first-order valence-electron chi connectivity index (χ1n) is 12.3. The Morgan fingerprint density at radius 1 is 0.694 bits per heavy atom. The molecule has 0 radical (unpaired) electrons. The van der Waals surface area contributed by atoms with Crippen molar-refractivity contribution in [3.63, 3.8) is 0 Å². The molecule has 4 aromatic rings. The molecule has 3 nitrogen and oxygen atoms in total. The van der Waals surface area contributed by atoms with Gasteiger partial charge in [-0.3, -0.25) is 9.59 Å². The molecule has 7 rings (SSSR count). The SMILES string of the molecule is CC1(C)c2ccccc2N2c3sc(C=C4C(=O)c5ccccc5C4=O)cc3C(C)(C)c3cccc1c32. The van der Waals surface area contributed by atoms with Crippen molar-refractivity contribution in [2.45, 2.75) is 38.5 Å². The lowest BCUT2D eigenvalue weighted by atomic mass is 9.67. The standard InChI is InChI=1S/C32H25NO2S/c1-31(2)22-12-7-8-15-26(22)33-27-23(31)13-9-14-24(27)32(3,4)25-17-18(36-30(25)33)16-21-28(34)19-10-5-6-11-20(19)29(21)35/h5-17H,1-4H3. The third kappa shape index (κ3) is 2.57. The molecule has 0 atom stereocenters. The maximum atomic E-state index is 13.1. The number of thiophene rings is 1. The monoisotopic (exact) mass is 487 g/mol. The number of para-hydroxylation sites is 2. The van der Waals surface area contributed by atoms with Gasteiger partial charge in [-0.2, -0.15) is 0 Å². The van der Waals surface area contributed by atoms with Crippen LogP contribution in [0.2, 0.25) is 0 Å². The van der Waals surface area contributed by atoms with E-state index in [2.05, 4.69) is 81.1 Å². The van der Waals surface area contributed by atoms with Crippen molar-refractivity contribution >= 4 is 45.4 Å². The van der Waals surface area contributed by atoms with Crippen molar-refractivity contribution in [2.75, 3.05) is 4.90 Å². The van der Waals surface area contributed by atoms with Crippen LogP contribution in [0.15, 0.2) is 78.4 Å². The van der Waals surface area contributed by atoms with Gasteiger partial charge in [-0.05, 0) is 40.5 Å². The number of nitrogens with zero attached hydrogens (tertiary/aromatic N) is 1. The van der Waals surface area contributed by atoms with Crippen LogP contribution in [0.5, 0.6) is 0 Å². The molecular weight excluding hydrogens is 462 g/mol. The quantitative estimate of drug-likeness (QED) is 0.202. The molecule has 0 saturated heterocycles. The molecule has 36 heavy (non-hydrogen) atoms. The van der Waals surface area contributed by atoms with Crippen LogP contribution < -0.4 is 4.90 Å². The fraction of sp³-hybridized carbons (Fsp3) is 0.188. The topological polar surface area (TPSA) is 37.4 Å². The van der Waals surface area contributed by atoms with Crippen LogP contribution >= 0.6 is 11.3 Å². The van der Waals surface area contributed by atoms with E-state index in [1.807, 2.05) is 12.1 Å². The lowest BCUT2D eigenvalue weighted by Gasteiger charge is -2.48. The van der Waals surface area contributed by atoms with Crippen LogP contribution in [0.4, 0.5) is 16.4 Å². The minimum atomic E-state index is -0.223. The van der Waals surface area contributed by atoms with E-state index >= 15 is 0 Å². The highest BCUT2D eigenvalue weighted by Crippen LogP contribution is 2.61. The maximum absolute atomic E-state index is 13.1. The number of carbonyl (C=O) groups is 2. The molecule has 4 heteroatoms. The summed E-state index contributed by atoms with van der Waals surface area (Å²) in [6.07, 6.45) is 1.80. The van der Waals surface area contributed by atoms with Crippen molar-refractivity contribution in [3.05, 3.63) is 117 Å². The summed E-state index contributed by atoms with van der Waals surface area (Å²) in [4.78, 5) is 29.5. The van der Waals surface area contributed by atoms with Crippen molar-refractivity contribution in [1.29, 1.82) is 0 Å². The van der Waals surface area contributed by atoms with E-state index in [0.717, 1.165) is 9.88 Å². The molecule has 176 valence electrons. The Bertz CT molecular complexity index is 1650. The predicted octanol–water partition coefficient (Wildman–Crippen LogP) is 7.96. The second-order valence-corrected chi connectivity index (χ2v) is 12.0. The van der Waals surface area contributed by atoms with Crippen LogP contribution in [0.3, 0.4) is 0 Å². The highest BCUT2D eigenvalue weighted by atomic mass is 32.1. The fourth-order valence-corrected chi connectivity index (χ4v) is 7.52. The summed E-state index contributed by atoms with van der Waals surface area (Å²) < 4.78 is 0. The van der Waals surface area contributed by atoms with E-state index in [4.69, 9.17) is 0 Å². The molecule has 0 saturated carbocycles. The Hall–Kier alpha value is -3.76. The van der Waals surface area contributed by atoms with Crippen LogP contribution in [-0.4, -0.2) is 11.6 Å². The number of fused-ring (bicyclic) bond motifs is 5. The normalized spacial score (nSPS) is 17.9. The number of anilines is 3. The molecule has 3 aromatic carbocycles. The van der Waals surface area contributed by atoms with E-state index in [-0.39, 0.29) is 28.0 Å². The lowest BCUT2D eigenvalue weighted by molar-refractivity contribution is 0.0990. The van der Waals surface area contributed by atoms with Gasteiger partial charge in [0.2, 0.25) is 0 Å². The molecule has 0 amide bonds. The van der Waals surface area contributed by atoms with Gasteiger partial charge in [0.05, 0.1) is 16.9 Å². The number of ketones is 2. The number of Topliss-reactive ketones (excluding diaryl/α,β-unsaturated/α-hetero) is 2. The van der Waals surface area contributed by atoms with Gasteiger partial charge in [-0.1, -0.05) is 88.4 Å². The van der Waals surface area contributed by atoms with E-state index in [9.17, 15) is 9.59 Å². The summed E-state index contributed by atoms with van der Waals surface area (Å²) >= 11 is 1.65. The zero-order chi connectivity index (χ0) is 25.0. The molecule has 3 heterocycles. The second kappa shape index (κ2) is 6.92. The van der Waals surface area contributed by atoms with Gasteiger partial charge < -0.3 is 4.90 Å². The summed E-state index contributed by atoms with van der Waals surface area (Å²) in [6.45, 7) is 9.16. The Morgan fingerprint density at radius 2 is 1.25 bits per heavy atom. The van der Waals surface area contributed by atoms with Crippen LogP contribution in [-0.2, 0) is 10.8 Å². The molecular formula is C32H25NO2S. The highest BCUT2D eigenvalue weighted by Gasteiger charge is 2.46. The molecule has 1 aromatic heterocycles. The summed E-state index contributed by atoms with van der Waals surface area (Å²) in [5.41, 5.74) is 8.50. The zero-order valence-corrected chi connectivity index (χ0v) is 21.5. The number of benzene rings is 3.